The van der Waals surface area contributed by atoms with Crippen LogP contribution < -0.4 is 5.73 Å². The van der Waals surface area contributed by atoms with Crippen LogP contribution in [0.3, 0.4) is 0 Å². The van der Waals surface area contributed by atoms with Crippen LogP contribution in [0.25, 0.3) is 0 Å². The Kier molecular flexibility index (Phi) is 5.08. The van der Waals surface area contributed by atoms with Crippen LogP contribution in [0.5, 0.6) is 0 Å². The number of hydrogen-bond donors (Lipinski definition) is 1. The second-order valence-corrected chi connectivity index (χ2v) is 6.31. The SMILES string of the molecule is CCOCCC1(CN=C(N)N2CCCC(C)C2)CC1. The first kappa shape index (κ1) is 14.6. The number of nitrogens with two attached hydrogens (primary N) is 1. The van der Waals surface area contributed by atoms with E-state index in [0.717, 1.165) is 51.1 Å². The van der Waals surface area contributed by atoms with Crippen LogP contribution in [-0.4, -0.2) is 43.7 Å². The second-order valence-electron chi connectivity index (χ2n) is 6.31. The Balaban J connectivity index is 1.77. The van der Waals surface area contributed by atoms with E-state index in [9.17, 15) is 0 Å². The summed E-state index contributed by atoms with van der Waals surface area (Å²) in [5.74, 6) is 1.50. The standard InChI is InChI=1S/C15H29N3O/c1-3-19-10-8-15(6-7-15)12-17-14(16)18-9-4-5-13(2)11-18/h13H,3-12H2,1-2H3,(H2,16,17). The molecule has 1 heterocycles. The lowest BCUT2D eigenvalue weighted by atomic mass is 10.0. The molecule has 19 heavy (non-hydrogen) atoms. The van der Waals surface area contributed by atoms with Gasteiger partial charge in [-0.1, -0.05) is 6.92 Å². The lowest BCUT2D eigenvalue weighted by Gasteiger charge is -2.31. The van der Waals surface area contributed by atoms with Gasteiger partial charge in [-0.2, -0.15) is 0 Å². The van der Waals surface area contributed by atoms with Gasteiger partial charge in [-0.3, -0.25) is 4.99 Å². The zero-order valence-corrected chi connectivity index (χ0v) is 12.5. The van der Waals surface area contributed by atoms with Crippen molar-refractivity contribution in [2.24, 2.45) is 22.1 Å². The molecule has 0 aromatic carbocycles. The fourth-order valence-corrected chi connectivity index (χ4v) is 2.84. The molecule has 1 saturated carbocycles. The summed E-state index contributed by atoms with van der Waals surface area (Å²) in [7, 11) is 0. The predicted octanol–water partition coefficient (Wildman–Crippen LogP) is 2.24. The van der Waals surface area contributed by atoms with E-state index in [1.165, 1.54) is 25.7 Å². The highest BCUT2D eigenvalue weighted by Gasteiger charge is 2.42. The minimum Gasteiger partial charge on any atom is -0.382 e. The lowest BCUT2D eigenvalue weighted by Crippen LogP contribution is -2.43. The first-order chi connectivity index (χ1) is 9.15. The van der Waals surface area contributed by atoms with Gasteiger partial charge in [-0.25, -0.2) is 0 Å². The summed E-state index contributed by atoms with van der Waals surface area (Å²) >= 11 is 0. The molecule has 2 N–H and O–H groups in total. The van der Waals surface area contributed by atoms with Crippen molar-refractivity contribution in [1.29, 1.82) is 0 Å². The Morgan fingerprint density at radius 1 is 1.47 bits per heavy atom. The van der Waals surface area contributed by atoms with Crippen molar-refractivity contribution in [3.05, 3.63) is 0 Å². The van der Waals surface area contributed by atoms with E-state index in [-0.39, 0.29) is 0 Å². The summed E-state index contributed by atoms with van der Waals surface area (Å²) in [4.78, 5) is 6.92. The monoisotopic (exact) mass is 267 g/mol. The minimum atomic E-state index is 0.404. The van der Waals surface area contributed by atoms with Crippen LogP contribution in [0.2, 0.25) is 0 Å². The van der Waals surface area contributed by atoms with E-state index in [2.05, 4.69) is 16.8 Å². The minimum absolute atomic E-state index is 0.404. The Morgan fingerprint density at radius 3 is 2.89 bits per heavy atom. The van der Waals surface area contributed by atoms with Crippen molar-refractivity contribution < 1.29 is 4.74 Å². The van der Waals surface area contributed by atoms with Crippen LogP contribution in [0.15, 0.2) is 4.99 Å². The third-order valence-electron chi connectivity index (χ3n) is 4.50. The molecule has 2 fully saturated rings. The molecule has 2 rings (SSSR count). The Labute approximate surface area is 117 Å². The van der Waals surface area contributed by atoms with Crippen LogP contribution in [0, 0.1) is 11.3 Å². The molecule has 0 radical (unpaired) electrons. The van der Waals surface area contributed by atoms with Crippen molar-refractivity contribution in [1.82, 2.24) is 4.90 Å². The number of ether oxygens (including phenoxy) is 1. The molecule has 0 amide bonds. The molecule has 0 aromatic rings. The van der Waals surface area contributed by atoms with Gasteiger partial charge in [0.05, 0.1) is 0 Å². The van der Waals surface area contributed by atoms with Gasteiger partial charge in [-0.05, 0) is 50.4 Å². The summed E-state index contributed by atoms with van der Waals surface area (Å²) in [5, 5.41) is 0. The molecule has 1 aliphatic carbocycles. The van der Waals surface area contributed by atoms with E-state index in [1.54, 1.807) is 0 Å². The van der Waals surface area contributed by atoms with E-state index in [0.29, 0.717) is 5.41 Å². The summed E-state index contributed by atoms with van der Waals surface area (Å²) in [6, 6.07) is 0. The first-order valence-electron chi connectivity index (χ1n) is 7.78. The van der Waals surface area contributed by atoms with Gasteiger partial charge in [0.25, 0.3) is 0 Å². The van der Waals surface area contributed by atoms with E-state index in [1.807, 2.05) is 6.92 Å². The number of likely N-dealkylation sites (tertiary alicyclic amines) is 1. The lowest BCUT2D eigenvalue weighted by molar-refractivity contribution is 0.129. The van der Waals surface area contributed by atoms with Crippen LogP contribution in [0.1, 0.15) is 46.0 Å². The fourth-order valence-electron chi connectivity index (χ4n) is 2.84. The maximum Gasteiger partial charge on any atom is 0.191 e. The van der Waals surface area contributed by atoms with Gasteiger partial charge >= 0.3 is 0 Å². The zero-order chi connectivity index (χ0) is 13.7. The maximum atomic E-state index is 6.15. The number of rotatable bonds is 6. The normalized spacial score (nSPS) is 26.5. The van der Waals surface area contributed by atoms with Crippen molar-refractivity contribution in [2.45, 2.75) is 46.0 Å². The zero-order valence-electron chi connectivity index (χ0n) is 12.5. The van der Waals surface area contributed by atoms with Crippen molar-refractivity contribution in [3.8, 4) is 0 Å². The smallest absolute Gasteiger partial charge is 0.191 e. The van der Waals surface area contributed by atoms with Crippen LogP contribution >= 0.6 is 0 Å². The van der Waals surface area contributed by atoms with Gasteiger partial charge < -0.3 is 15.4 Å². The highest BCUT2D eigenvalue weighted by Crippen LogP contribution is 2.49. The summed E-state index contributed by atoms with van der Waals surface area (Å²) in [6.45, 7) is 9.06. The van der Waals surface area contributed by atoms with E-state index in [4.69, 9.17) is 10.5 Å². The Bertz CT molecular complexity index is 313. The molecule has 1 atom stereocenters. The topological polar surface area (TPSA) is 50.9 Å². The molecule has 0 spiro atoms. The van der Waals surface area contributed by atoms with Gasteiger partial charge in [0.15, 0.2) is 5.96 Å². The highest BCUT2D eigenvalue weighted by atomic mass is 16.5. The molecule has 4 nitrogen and oxygen atoms in total. The molecule has 1 unspecified atom stereocenters. The molecule has 0 bridgehead atoms. The summed E-state index contributed by atoms with van der Waals surface area (Å²) in [5.41, 5.74) is 6.55. The maximum absolute atomic E-state index is 6.15. The van der Waals surface area contributed by atoms with Crippen molar-refractivity contribution in [3.63, 3.8) is 0 Å². The number of guanidine groups is 1. The first-order valence-corrected chi connectivity index (χ1v) is 7.78. The number of nitrogens with zero attached hydrogens (tertiary/aromatic N) is 2. The largest absolute Gasteiger partial charge is 0.382 e. The number of hydrogen-bond acceptors (Lipinski definition) is 2. The van der Waals surface area contributed by atoms with E-state index < -0.39 is 0 Å². The van der Waals surface area contributed by atoms with E-state index >= 15 is 0 Å². The van der Waals surface area contributed by atoms with Crippen molar-refractivity contribution in [2.75, 3.05) is 32.8 Å². The Hall–Kier alpha value is -0.770. The van der Waals surface area contributed by atoms with Gasteiger partial charge in [0.2, 0.25) is 0 Å². The van der Waals surface area contributed by atoms with Gasteiger partial charge in [0.1, 0.15) is 0 Å². The fraction of sp³-hybridized carbons (Fsp3) is 0.933. The quantitative estimate of drug-likeness (QED) is 0.456. The summed E-state index contributed by atoms with van der Waals surface area (Å²) < 4.78 is 5.46. The van der Waals surface area contributed by atoms with Crippen LogP contribution in [0.4, 0.5) is 0 Å². The highest BCUT2D eigenvalue weighted by molar-refractivity contribution is 5.78. The molecular weight excluding hydrogens is 238 g/mol. The molecule has 0 aromatic heterocycles. The number of piperidine rings is 1. The average molecular weight is 267 g/mol. The van der Waals surface area contributed by atoms with Gasteiger partial charge in [0, 0.05) is 32.8 Å². The third kappa shape index (κ3) is 4.37. The average Bonchev–Trinajstić information content (AvgIpc) is 3.17. The molecule has 1 saturated heterocycles. The van der Waals surface area contributed by atoms with Crippen LogP contribution in [-0.2, 0) is 4.74 Å². The molecule has 2 aliphatic rings. The molecule has 1 aliphatic heterocycles. The second kappa shape index (κ2) is 6.60. The molecular formula is C15H29N3O. The molecule has 4 heteroatoms. The summed E-state index contributed by atoms with van der Waals surface area (Å²) in [6.07, 6.45) is 6.27. The number of aliphatic imine (C=N–C) groups is 1. The Morgan fingerprint density at radius 2 is 2.26 bits per heavy atom. The predicted molar refractivity (Wildman–Crippen MR) is 79.2 cm³/mol. The van der Waals surface area contributed by atoms with Gasteiger partial charge in [-0.15, -0.1) is 0 Å². The third-order valence-corrected chi connectivity index (χ3v) is 4.50. The van der Waals surface area contributed by atoms with Crippen molar-refractivity contribution >= 4 is 5.96 Å². The molecule has 110 valence electrons.